The second kappa shape index (κ2) is 23.9. The van der Waals surface area contributed by atoms with Gasteiger partial charge in [0.05, 0.1) is 39.6 Å². The van der Waals surface area contributed by atoms with Crippen LogP contribution in [0.1, 0.15) is 135 Å². The van der Waals surface area contributed by atoms with Crippen LogP contribution in [0.5, 0.6) is 28.7 Å². The van der Waals surface area contributed by atoms with Crippen molar-refractivity contribution in [1.29, 1.82) is 0 Å². The Morgan fingerprint density at radius 2 is 0.848 bits per heavy atom. The monoisotopic (exact) mass is 640 g/mol. The zero-order chi connectivity index (χ0) is 33.4. The van der Waals surface area contributed by atoms with Gasteiger partial charge in [-0.1, -0.05) is 110 Å². The van der Waals surface area contributed by atoms with Crippen molar-refractivity contribution in [3.63, 3.8) is 0 Å². The zero-order valence-corrected chi connectivity index (χ0v) is 29.5. The van der Waals surface area contributed by atoms with Gasteiger partial charge in [-0.15, -0.1) is 0 Å². The average Bonchev–Trinajstić information content (AvgIpc) is 3.07. The fraction of sp³-hybridized carbons (Fsp3) is 0.615. The Bertz CT molecular complexity index is 1100. The number of Topliss-reactive ketones (excluding diaryl/α,β-unsaturated/α-hetero) is 1. The third-order valence-electron chi connectivity index (χ3n) is 7.30. The Labute approximate surface area is 278 Å². The van der Waals surface area contributed by atoms with Gasteiger partial charge in [-0.25, -0.2) is 0 Å². The number of allylic oxidation sites excluding steroid dienone is 1. The second-order valence-corrected chi connectivity index (χ2v) is 11.5. The number of ether oxygens (including phenoxy) is 6. The molecule has 0 aromatic heterocycles. The van der Waals surface area contributed by atoms with Crippen molar-refractivity contribution in [2.75, 3.05) is 39.6 Å². The topological polar surface area (TPSA) is 72.5 Å². The average molecular weight is 641 g/mol. The molecule has 0 heterocycles. The molecule has 0 unspecified atom stereocenters. The number of ketones is 1. The minimum atomic E-state index is -0.334. The summed E-state index contributed by atoms with van der Waals surface area (Å²) >= 11 is 0. The summed E-state index contributed by atoms with van der Waals surface area (Å²) in [6.07, 6.45) is 12.5. The van der Waals surface area contributed by atoms with E-state index in [-0.39, 0.29) is 17.1 Å². The molecule has 2 aromatic carbocycles. The van der Waals surface area contributed by atoms with Crippen molar-refractivity contribution < 1.29 is 33.2 Å². The molecule has 2 rings (SSSR count). The van der Waals surface area contributed by atoms with E-state index in [1.165, 1.54) is 0 Å². The van der Waals surface area contributed by atoms with Gasteiger partial charge in [-0.05, 0) is 50.2 Å². The van der Waals surface area contributed by atoms with Gasteiger partial charge in [0.25, 0.3) is 0 Å². The van der Waals surface area contributed by atoms with Crippen molar-refractivity contribution in [3.8, 4) is 28.7 Å². The summed E-state index contributed by atoms with van der Waals surface area (Å²) in [5, 5.41) is 0. The van der Waals surface area contributed by atoms with Gasteiger partial charge >= 0.3 is 0 Å². The van der Waals surface area contributed by atoms with E-state index in [1.807, 2.05) is 30.3 Å². The molecule has 0 atom stereocenters. The van der Waals surface area contributed by atoms with Crippen LogP contribution >= 0.6 is 0 Å². The van der Waals surface area contributed by atoms with E-state index < -0.39 is 0 Å². The largest absolute Gasteiger partial charge is 0.489 e. The van der Waals surface area contributed by atoms with Gasteiger partial charge in [0.15, 0.2) is 17.3 Å². The van der Waals surface area contributed by atoms with Crippen LogP contribution in [-0.2, 0) is 4.74 Å². The van der Waals surface area contributed by atoms with E-state index in [9.17, 15) is 4.79 Å². The van der Waals surface area contributed by atoms with Gasteiger partial charge in [-0.2, -0.15) is 0 Å². The maximum absolute atomic E-state index is 14.9. The summed E-state index contributed by atoms with van der Waals surface area (Å²) in [4.78, 5) is 14.9. The molecule has 258 valence electrons. The van der Waals surface area contributed by atoms with Crippen molar-refractivity contribution in [1.82, 2.24) is 0 Å². The molecular weight excluding hydrogens is 580 g/mol. The summed E-state index contributed by atoms with van der Waals surface area (Å²) in [7, 11) is 0. The minimum Gasteiger partial charge on any atom is -0.489 e. The smallest absolute Gasteiger partial charge is 0.235 e. The zero-order valence-electron chi connectivity index (χ0n) is 29.5. The molecule has 0 fully saturated rings. The van der Waals surface area contributed by atoms with Crippen molar-refractivity contribution in [2.45, 2.75) is 119 Å². The van der Waals surface area contributed by atoms with Crippen molar-refractivity contribution in [3.05, 3.63) is 47.2 Å². The highest BCUT2D eigenvalue weighted by atomic mass is 16.6. The Morgan fingerprint density at radius 1 is 0.500 bits per heavy atom. The Balaban J connectivity index is 2.97. The Morgan fingerprint density at radius 3 is 1.24 bits per heavy atom. The second-order valence-electron chi connectivity index (χ2n) is 11.5. The van der Waals surface area contributed by atoms with Crippen LogP contribution in [0.4, 0.5) is 0 Å². The standard InChI is InChI=1S/C39H60O7/c1-7-13-24-41-32(30-31-22-20-19-21-23-31)34(40)33-35(42-25-14-8-2)37(44-27-16-10-4)39(46-29-18-12-6)38(45-28-17-11-5)36(33)43-26-15-9-3/h19-23,30H,7-18,24-29H2,1-6H3. The van der Waals surface area contributed by atoms with Gasteiger partial charge in [-0.3, -0.25) is 4.79 Å². The fourth-order valence-corrected chi connectivity index (χ4v) is 4.43. The van der Waals surface area contributed by atoms with Gasteiger partial charge in [0.2, 0.25) is 23.0 Å². The lowest BCUT2D eigenvalue weighted by Gasteiger charge is -2.26. The van der Waals surface area contributed by atoms with Crippen LogP contribution < -0.4 is 23.7 Å². The van der Waals surface area contributed by atoms with Gasteiger partial charge in [0.1, 0.15) is 5.56 Å². The highest BCUT2D eigenvalue weighted by molar-refractivity contribution is 6.14. The number of carbonyl (C=O) groups is 1. The maximum Gasteiger partial charge on any atom is 0.235 e. The lowest BCUT2D eigenvalue weighted by molar-refractivity contribution is 0.0908. The predicted molar refractivity (Wildman–Crippen MR) is 188 cm³/mol. The van der Waals surface area contributed by atoms with Crippen molar-refractivity contribution in [2.24, 2.45) is 0 Å². The number of hydrogen-bond donors (Lipinski definition) is 0. The third-order valence-corrected chi connectivity index (χ3v) is 7.30. The molecule has 0 aliphatic carbocycles. The van der Waals surface area contributed by atoms with E-state index in [0.29, 0.717) is 68.4 Å². The van der Waals surface area contributed by atoms with E-state index in [0.717, 1.165) is 82.6 Å². The van der Waals surface area contributed by atoms with Crippen LogP contribution in [-0.4, -0.2) is 45.4 Å². The molecule has 0 saturated heterocycles. The maximum atomic E-state index is 14.9. The molecule has 0 N–H and O–H groups in total. The molecule has 0 radical (unpaired) electrons. The summed E-state index contributed by atoms with van der Waals surface area (Å²) in [6, 6.07) is 9.75. The normalized spacial score (nSPS) is 11.3. The van der Waals surface area contributed by atoms with Crippen LogP contribution in [0.25, 0.3) is 6.08 Å². The summed E-state index contributed by atoms with van der Waals surface area (Å²) in [5.74, 6) is 1.77. The number of rotatable bonds is 27. The minimum absolute atomic E-state index is 0.221. The van der Waals surface area contributed by atoms with Crippen molar-refractivity contribution >= 4 is 11.9 Å². The molecule has 0 bridgehead atoms. The number of carbonyl (C=O) groups excluding carboxylic acids is 1. The number of hydrogen-bond acceptors (Lipinski definition) is 7. The van der Waals surface area contributed by atoms with Crippen LogP contribution in [0.2, 0.25) is 0 Å². The number of unbranched alkanes of at least 4 members (excludes halogenated alkanes) is 6. The predicted octanol–water partition coefficient (Wildman–Crippen LogP) is 10.6. The molecule has 7 nitrogen and oxygen atoms in total. The van der Waals surface area contributed by atoms with E-state index >= 15 is 0 Å². The van der Waals surface area contributed by atoms with E-state index in [2.05, 4.69) is 41.5 Å². The summed E-state index contributed by atoms with van der Waals surface area (Å²) in [6.45, 7) is 15.3. The van der Waals surface area contributed by atoms with Gasteiger partial charge in [0, 0.05) is 0 Å². The fourth-order valence-electron chi connectivity index (χ4n) is 4.43. The number of benzene rings is 2. The molecular formula is C39H60O7. The first-order chi connectivity index (χ1) is 22.6. The quantitative estimate of drug-likeness (QED) is 0.0416. The molecule has 7 heteroatoms. The Hall–Kier alpha value is -3.35. The highest BCUT2D eigenvalue weighted by Gasteiger charge is 2.35. The Kier molecular flexibility index (Phi) is 20.2. The van der Waals surface area contributed by atoms with E-state index in [1.54, 1.807) is 6.08 Å². The lowest BCUT2D eigenvalue weighted by atomic mass is 10.0. The van der Waals surface area contributed by atoms with Crippen LogP contribution in [0.15, 0.2) is 36.1 Å². The SMILES string of the molecule is CCCCOC(=Cc1ccccc1)C(=O)c1c(OCCCC)c(OCCCC)c(OCCCC)c(OCCCC)c1OCCCC. The van der Waals surface area contributed by atoms with Gasteiger partial charge < -0.3 is 28.4 Å². The third kappa shape index (κ3) is 12.8. The summed E-state index contributed by atoms with van der Waals surface area (Å²) < 4.78 is 38.7. The molecule has 0 saturated carbocycles. The summed E-state index contributed by atoms with van der Waals surface area (Å²) in [5.41, 5.74) is 1.12. The molecule has 0 amide bonds. The lowest BCUT2D eigenvalue weighted by Crippen LogP contribution is -2.17. The molecule has 2 aromatic rings. The molecule has 46 heavy (non-hydrogen) atoms. The first kappa shape index (κ1) is 38.8. The van der Waals surface area contributed by atoms with Crippen LogP contribution in [0, 0.1) is 0 Å². The highest BCUT2D eigenvalue weighted by Crippen LogP contribution is 2.55. The molecule has 0 aliphatic heterocycles. The van der Waals surface area contributed by atoms with Crippen LogP contribution in [0.3, 0.4) is 0 Å². The molecule has 0 aliphatic rings. The molecule has 0 spiro atoms. The van der Waals surface area contributed by atoms with E-state index in [4.69, 9.17) is 28.4 Å². The first-order valence-corrected chi connectivity index (χ1v) is 17.9. The first-order valence-electron chi connectivity index (χ1n) is 17.9.